The highest BCUT2D eigenvalue weighted by Gasteiger charge is 2.47. The first-order chi connectivity index (χ1) is 30.1. The number of aliphatic hydroxyl groups excluding tert-OH is 7. The van der Waals surface area contributed by atoms with E-state index in [1.807, 2.05) is 0 Å². The Balaban J connectivity index is 1.78. The van der Waals surface area contributed by atoms with Crippen molar-refractivity contribution in [3.05, 3.63) is 24.3 Å². The molecule has 0 saturated carbocycles. The van der Waals surface area contributed by atoms with Crippen molar-refractivity contribution in [2.75, 3.05) is 33.0 Å². The van der Waals surface area contributed by atoms with Gasteiger partial charge in [0.05, 0.1) is 26.4 Å². The van der Waals surface area contributed by atoms with E-state index in [1.165, 1.54) is 89.9 Å². The van der Waals surface area contributed by atoms with Gasteiger partial charge in [-0.15, -0.1) is 0 Å². The van der Waals surface area contributed by atoms with Crippen LogP contribution in [-0.4, -0.2) is 142 Å². The number of rotatable bonds is 38. The Kier molecular flexibility index (Phi) is 33.5. The van der Waals surface area contributed by atoms with Crippen LogP contribution in [0, 0.1) is 0 Å². The van der Waals surface area contributed by atoms with Gasteiger partial charge in [-0.1, -0.05) is 134 Å². The molecule has 0 aromatic carbocycles. The van der Waals surface area contributed by atoms with Crippen molar-refractivity contribution < 1.29 is 69.0 Å². The third kappa shape index (κ3) is 24.7. The highest BCUT2D eigenvalue weighted by Crippen LogP contribution is 2.26. The van der Waals surface area contributed by atoms with Crippen molar-refractivity contribution in [3.63, 3.8) is 0 Å². The van der Waals surface area contributed by atoms with E-state index < -0.39 is 80.7 Å². The Labute approximate surface area is 373 Å². The topological polar surface area (TPSA) is 214 Å². The van der Waals surface area contributed by atoms with Gasteiger partial charge in [0, 0.05) is 13.0 Å². The highest BCUT2D eigenvalue weighted by atomic mass is 16.7. The summed E-state index contributed by atoms with van der Waals surface area (Å²) in [6, 6.07) is 0. The molecule has 0 spiro atoms. The molecular weight excluding hydrogens is 801 g/mol. The molecule has 2 fully saturated rings. The maximum Gasteiger partial charge on any atom is 0.306 e. The van der Waals surface area contributed by atoms with E-state index in [0.717, 1.165) is 57.8 Å². The number of esters is 1. The zero-order chi connectivity index (χ0) is 45.2. The molecule has 2 heterocycles. The fraction of sp³-hybridized carbons (Fsp3) is 0.896. The number of aliphatic hydroxyl groups is 7. The molecule has 0 aromatic rings. The lowest BCUT2D eigenvalue weighted by atomic mass is 9.98. The van der Waals surface area contributed by atoms with E-state index in [-0.39, 0.29) is 25.6 Å². The van der Waals surface area contributed by atoms with Crippen LogP contribution in [0.4, 0.5) is 0 Å². The summed E-state index contributed by atoms with van der Waals surface area (Å²) >= 11 is 0. The van der Waals surface area contributed by atoms with Crippen LogP contribution in [0.15, 0.2) is 24.3 Å². The lowest BCUT2D eigenvalue weighted by Crippen LogP contribution is -2.61. The van der Waals surface area contributed by atoms with Crippen LogP contribution in [0.1, 0.15) is 174 Å². The van der Waals surface area contributed by atoms with Crippen molar-refractivity contribution in [2.24, 2.45) is 0 Å². The fourth-order valence-corrected chi connectivity index (χ4v) is 7.63. The minimum absolute atomic E-state index is 0.0573. The maximum absolute atomic E-state index is 13.0. The molecule has 2 aliphatic rings. The summed E-state index contributed by atoms with van der Waals surface area (Å²) in [7, 11) is 0. The van der Waals surface area contributed by atoms with E-state index in [4.69, 9.17) is 28.4 Å². The van der Waals surface area contributed by atoms with E-state index in [2.05, 4.69) is 38.2 Å². The summed E-state index contributed by atoms with van der Waals surface area (Å²) in [6.45, 7) is 3.61. The quantitative estimate of drug-likeness (QED) is 0.0202. The van der Waals surface area contributed by atoms with Gasteiger partial charge in [-0.3, -0.25) is 4.79 Å². The molecule has 0 bridgehead atoms. The predicted octanol–water partition coefficient (Wildman–Crippen LogP) is 6.46. The number of hydrogen-bond donors (Lipinski definition) is 7. The summed E-state index contributed by atoms with van der Waals surface area (Å²) in [5.74, 6) is -0.383. The molecule has 0 amide bonds. The van der Waals surface area contributed by atoms with Gasteiger partial charge in [-0.05, 0) is 57.8 Å². The third-order valence-electron chi connectivity index (χ3n) is 11.7. The Morgan fingerprint density at radius 2 is 0.984 bits per heavy atom. The minimum atomic E-state index is -1.71. The van der Waals surface area contributed by atoms with Crippen LogP contribution in [0.5, 0.6) is 0 Å². The molecule has 62 heavy (non-hydrogen) atoms. The molecule has 14 heteroatoms. The number of carbonyl (C=O) groups is 1. The van der Waals surface area contributed by atoms with Crippen LogP contribution in [0.25, 0.3) is 0 Å². The van der Waals surface area contributed by atoms with Crippen LogP contribution < -0.4 is 0 Å². The highest BCUT2D eigenvalue weighted by molar-refractivity contribution is 5.69. The van der Waals surface area contributed by atoms with Gasteiger partial charge < -0.3 is 64.2 Å². The van der Waals surface area contributed by atoms with Crippen molar-refractivity contribution in [1.82, 2.24) is 0 Å². The van der Waals surface area contributed by atoms with Gasteiger partial charge in [0.15, 0.2) is 12.6 Å². The SMILES string of the molecule is CCC/C=C\CCCCCCCCOCC(COC1OC(COC2OC(CO)C(O)C(O)C2O)C(O)C(O)C1O)OC(=O)CCCCCCCCC/C=C\CCCCCCCC. The van der Waals surface area contributed by atoms with Gasteiger partial charge in [-0.2, -0.15) is 0 Å². The molecule has 14 nitrogen and oxygen atoms in total. The van der Waals surface area contributed by atoms with Crippen LogP contribution in [0.2, 0.25) is 0 Å². The van der Waals surface area contributed by atoms with E-state index in [0.29, 0.717) is 13.0 Å². The second-order valence-electron chi connectivity index (χ2n) is 17.3. The first kappa shape index (κ1) is 56.6. The summed E-state index contributed by atoms with van der Waals surface area (Å²) in [4.78, 5) is 13.0. The van der Waals surface area contributed by atoms with Crippen molar-refractivity contribution >= 4 is 5.97 Å². The van der Waals surface area contributed by atoms with Crippen molar-refractivity contribution in [2.45, 2.75) is 242 Å². The van der Waals surface area contributed by atoms with E-state index >= 15 is 0 Å². The summed E-state index contributed by atoms with van der Waals surface area (Å²) in [5.41, 5.74) is 0. The Morgan fingerprint density at radius 3 is 1.53 bits per heavy atom. The second-order valence-corrected chi connectivity index (χ2v) is 17.3. The molecule has 11 unspecified atom stereocenters. The number of hydrogen-bond acceptors (Lipinski definition) is 14. The van der Waals surface area contributed by atoms with E-state index in [9.17, 15) is 40.5 Å². The van der Waals surface area contributed by atoms with Gasteiger partial charge >= 0.3 is 5.97 Å². The van der Waals surface area contributed by atoms with Crippen LogP contribution in [0.3, 0.4) is 0 Å². The van der Waals surface area contributed by atoms with Crippen molar-refractivity contribution in [1.29, 1.82) is 0 Å². The molecule has 0 aliphatic carbocycles. The molecule has 0 radical (unpaired) electrons. The molecule has 7 N–H and O–H groups in total. The summed E-state index contributed by atoms with van der Waals surface area (Å²) in [5, 5.41) is 72.0. The average Bonchev–Trinajstić information content (AvgIpc) is 3.27. The lowest BCUT2D eigenvalue weighted by molar-refractivity contribution is -0.332. The molecule has 0 aromatic heterocycles. The first-order valence-corrected chi connectivity index (χ1v) is 24.4. The van der Waals surface area contributed by atoms with Crippen molar-refractivity contribution in [3.8, 4) is 0 Å². The lowest BCUT2D eigenvalue weighted by Gasteiger charge is -2.42. The minimum Gasteiger partial charge on any atom is -0.457 e. The maximum atomic E-state index is 13.0. The number of ether oxygens (including phenoxy) is 6. The summed E-state index contributed by atoms with van der Waals surface area (Å²) in [6.07, 6.45) is 21.0. The van der Waals surface area contributed by atoms with E-state index in [1.54, 1.807) is 0 Å². The molecule has 2 rings (SSSR count). The van der Waals surface area contributed by atoms with Gasteiger partial charge in [0.1, 0.15) is 54.9 Å². The first-order valence-electron chi connectivity index (χ1n) is 24.4. The Bertz CT molecular complexity index is 1120. The molecule has 2 aliphatic heterocycles. The molecule has 2 saturated heterocycles. The fourth-order valence-electron chi connectivity index (χ4n) is 7.63. The number of carbonyl (C=O) groups excluding carboxylic acids is 1. The second kappa shape index (κ2) is 36.7. The number of unbranched alkanes of at least 4 members (excludes halogenated alkanes) is 20. The predicted molar refractivity (Wildman–Crippen MR) is 238 cm³/mol. The summed E-state index contributed by atoms with van der Waals surface area (Å²) < 4.78 is 34.2. The smallest absolute Gasteiger partial charge is 0.306 e. The van der Waals surface area contributed by atoms with Gasteiger partial charge in [-0.25, -0.2) is 0 Å². The molecular formula is C48H88O14. The van der Waals surface area contributed by atoms with Gasteiger partial charge in [0.25, 0.3) is 0 Å². The average molecular weight is 889 g/mol. The molecule has 364 valence electrons. The Morgan fingerprint density at radius 1 is 0.516 bits per heavy atom. The monoisotopic (exact) mass is 889 g/mol. The van der Waals surface area contributed by atoms with Crippen LogP contribution in [-0.2, 0) is 33.2 Å². The zero-order valence-corrected chi connectivity index (χ0v) is 38.4. The zero-order valence-electron chi connectivity index (χ0n) is 38.4. The standard InChI is InChI=1S/C48H88O14/c1-3-5-7-9-11-13-15-16-17-18-19-20-21-23-25-27-29-31-40(50)60-37(34-57-32-30-28-26-24-22-14-12-10-8-6-4-2)35-58-47-46(56)44(54)42(52)39(62-47)36-59-48-45(55)43(53)41(51)38(33-49)61-48/h8,10,16-17,37-39,41-49,51-56H,3-7,9,11-15,18-36H2,1-2H3/b10-8-,17-16-. The number of allylic oxidation sites excluding steroid dienone is 4. The third-order valence-corrected chi connectivity index (χ3v) is 11.7. The Hall–Kier alpha value is -1.53. The molecule has 11 atom stereocenters. The largest absolute Gasteiger partial charge is 0.457 e. The van der Waals surface area contributed by atoms with Crippen LogP contribution >= 0.6 is 0 Å². The van der Waals surface area contributed by atoms with Gasteiger partial charge in [0.2, 0.25) is 0 Å². The normalized spacial score (nSPS) is 27.4.